The van der Waals surface area contributed by atoms with Crippen LogP contribution in [0.2, 0.25) is 5.02 Å². The lowest BCUT2D eigenvalue weighted by Crippen LogP contribution is -2.25. The highest BCUT2D eigenvalue weighted by atomic mass is 35.5. The summed E-state index contributed by atoms with van der Waals surface area (Å²) in [5.74, 6) is -2.91. The number of amides is 1. The molecule has 0 saturated heterocycles. The van der Waals surface area contributed by atoms with E-state index in [1.165, 1.54) is 6.07 Å². The number of aromatic nitrogens is 2. The standard InChI is InChI=1S/C21H17ClN4O6/c1-12-19(13(2)25(24-12)14-6-4-3-5-7-14)20(28)21(29)32-11-18(27)23-17-9-8-15(26(30)31)10-16(17)22/h3-10H,11H2,1-2H3,(H,23,27). The van der Waals surface area contributed by atoms with Crippen molar-refractivity contribution in [2.45, 2.75) is 13.8 Å². The van der Waals surface area contributed by atoms with Gasteiger partial charge in [0.1, 0.15) is 0 Å². The van der Waals surface area contributed by atoms with E-state index in [1.54, 1.807) is 30.7 Å². The van der Waals surface area contributed by atoms with Crippen LogP contribution in [-0.4, -0.2) is 39.0 Å². The van der Waals surface area contributed by atoms with E-state index in [0.717, 1.165) is 17.8 Å². The third kappa shape index (κ3) is 4.81. The molecule has 1 N–H and O–H groups in total. The number of carbonyl (C=O) groups excluding carboxylic acids is 3. The Hall–Kier alpha value is -4.05. The van der Waals surface area contributed by atoms with Crippen molar-refractivity contribution < 1.29 is 24.0 Å². The molecule has 1 aromatic heterocycles. The first-order valence-electron chi connectivity index (χ1n) is 9.26. The van der Waals surface area contributed by atoms with E-state index in [-0.39, 0.29) is 22.0 Å². The van der Waals surface area contributed by atoms with Crippen molar-refractivity contribution in [1.29, 1.82) is 0 Å². The van der Waals surface area contributed by atoms with Gasteiger partial charge in [-0.05, 0) is 32.0 Å². The summed E-state index contributed by atoms with van der Waals surface area (Å²) in [6, 6.07) is 12.6. The molecule has 0 radical (unpaired) electrons. The molecule has 0 aliphatic heterocycles. The lowest BCUT2D eigenvalue weighted by molar-refractivity contribution is -0.384. The highest BCUT2D eigenvalue weighted by Crippen LogP contribution is 2.26. The zero-order valence-corrected chi connectivity index (χ0v) is 17.8. The van der Waals surface area contributed by atoms with Crippen LogP contribution < -0.4 is 5.32 Å². The first kappa shape index (κ1) is 22.6. The summed E-state index contributed by atoms with van der Waals surface area (Å²) in [7, 11) is 0. The van der Waals surface area contributed by atoms with Gasteiger partial charge in [0.2, 0.25) is 0 Å². The number of nitrogens with zero attached hydrogens (tertiary/aromatic N) is 3. The molecular formula is C21H17ClN4O6. The van der Waals surface area contributed by atoms with Gasteiger partial charge in [-0.25, -0.2) is 9.48 Å². The monoisotopic (exact) mass is 456 g/mol. The normalized spacial score (nSPS) is 10.5. The Morgan fingerprint density at radius 3 is 2.47 bits per heavy atom. The fourth-order valence-corrected chi connectivity index (χ4v) is 3.22. The quantitative estimate of drug-likeness (QED) is 0.189. The molecule has 0 atom stereocenters. The Morgan fingerprint density at radius 2 is 1.84 bits per heavy atom. The zero-order valence-electron chi connectivity index (χ0n) is 17.0. The molecule has 164 valence electrons. The van der Waals surface area contributed by atoms with E-state index in [9.17, 15) is 24.5 Å². The number of esters is 1. The van der Waals surface area contributed by atoms with E-state index in [4.69, 9.17) is 16.3 Å². The molecule has 0 saturated carbocycles. The first-order chi connectivity index (χ1) is 15.2. The second kappa shape index (κ2) is 9.40. The molecule has 2 aromatic carbocycles. The van der Waals surface area contributed by atoms with E-state index >= 15 is 0 Å². The van der Waals surface area contributed by atoms with Gasteiger partial charge in [-0.2, -0.15) is 5.10 Å². The van der Waals surface area contributed by atoms with Crippen LogP contribution in [0.5, 0.6) is 0 Å². The molecule has 0 unspecified atom stereocenters. The van der Waals surface area contributed by atoms with Gasteiger partial charge in [0.15, 0.2) is 6.61 Å². The molecule has 0 spiro atoms. The topological polar surface area (TPSA) is 133 Å². The SMILES string of the molecule is Cc1nn(-c2ccccc2)c(C)c1C(=O)C(=O)OCC(=O)Nc1ccc([N+](=O)[O-])cc1Cl. The molecule has 0 aliphatic rings. The van der Waals surface area contributed by atoms with Crippen molar-refractivity contribution in [3.8, 4) is 5.69 Å². The van der Waals surface area contributed by atoms with Crippen LogP contribution in [0.25, 0.3) is 5.69 Å². The Kier molecular flexibility index (Phi) is 6.64. The number of Topliss-reactive ketones (excluding diaryl/α,β-unsaturated/α-hetero) is 1. The fourth-order valence-electron chi connectivity index (χ4n) is 3.00. The van der Waals surface area contributed by atoms with Crippen molar-refractivity contribution in [3.05, 3.63) is 80.6 Å². The summed E-state index contributed by atoms with van der Waals surface area (Å²) in [6.45, 7) is 2.50. The minimum atomic E-state index is -1.21. The third-order valence-electron chi connectivity index (χ3n) is 4.48. The van der Waals surface area contributed by atoms with E-state index in [0.29, 0.717) is 11.4 Å². The largest absolute Gasteiger partial charge is 0.450 e. The summed E-state index contributed by atoms with van der Waals surface area (Å²) in [4.78, 5) is 47.0. The molecule has 0 bridgehead atoms. The maximum Gasteiger partial charge on any atom is 0.380 e. The molecule has 3 rings (SSSR count). The number of non-ortho nitro benzene ring substituents is 1. The average Bonchev–Trinajstić information content (AvgIpc) is 3.07. The van der Waals surface area contributed by atoms with Crippen LogP contribution in [-0.2, 0) is 14.3 Å². The van der Waals surface area contributed by atoms with Crippen LogP contribution >= 0.6 is 11.6 Å². The maximum atomic E-state index is 12.6. The molecule has 3 aromatic rings. The van der Waals surface area contributed by atoms with Gasteiger partial charge in [0, 0.05) is 12.1 Å². The Labute approximate surface area is 186 Å². The smallest absolute Gasteiger partial charge is 0.380 e. The zero-order chi connectivity index (χ0) is 23.4. The molecule has 0 aliphatic carbocycles. The molecule has 32 heavy (non-hydrogen) atoms. The van der Waals surface area contributed by atoms with Gasteiger partial charge < -0.3 is 10.1 Å². The number of aryl methyl sites for hydroxylation is 1. The second-order valence-corrected chi connectivity index (χ2v) is 7.08. The summed E-state index contributed by atoms with van der Waals surface area (Å²) < 4.78 is 6.37. The van der Waals surface area contributed by atoms with Crippen molar-refractivity contribution in [1.82, 2.24) is 9.78 Å². The summed E-state index contributed by atoms with van der Waals surface area (Å²) in [6.07, 6.45) is 0. The third-order valence-corrected chi connectivity index (χ3v) is 4.79. The number of hydrogen-bond donors (Lipinski definition) is 1. The van der Waals surface area contributed by atoms with Gasteiger partial charge in [-0.3, -0.25) is 19.7 Å². The number of halogens is 1. The number of benzene rings is 2. The number of nitrogens with one attached hydrogen (secondary N) is 1. The van der Waals surface area contributed by atoms with Crippen LogP contribution in [0.3, 0.4) is 0 Å². The lowest BCUT2D eigenvalue weighted by atomic mass is 10.1. The van der Waals surface area contributed by atoms with E-state index < -0.39 is 29.2 Å². The van der Waals surface area contributed by atoms with Crippen molar-refractivity contribution in [2.24, 2.45) is 0 Å². The van der Waals surface area contributed by atoms with Crippen molar-refractivity contribution in [3.63, 3.8) is 0 Å². The second-order valence-electron chi connectivity index (χ2n) is 6.67. The van der Waals surface area contributed by atoms with Crippen molar-refractivity contribution in [2.75, 3.05) is 11.9 Å². The number of ketones is 1. The number of ether oxygens (including phenoxy) is 1. The summed E-state index contributed by atoms with van der Waals surface area (Å²) in [5.41, 5.74) is 1.47. The molecule has 1 amide bonds. The van der Waals surface area contributed by atoms with E-state index in [2.05, 4.69) is 10.4 Å². The van der Waals surface area contributed by atoms with Crippen LogP contribution in [0.1, 0.15) is 21.7 Å². The first-order valence-corrected chi connectivity index (χ1v) is 9.63. The van der Waals surface area contributed by atoms with Crippen LogP contribution in [0.4, 0.5) is 11.4 Å². The van der Waals surface area contributed by atoms with Crippen molar-refractivity contribution >= 4 is 40.6 Å². The molecule has 11 heteroatoms. The highest BCUT2D eigenvalue weighted by Gasteiger charge is 2.27. The minimum Gasteiger partial charge on any atom is -0.450 e. The number of nitro benzene ring substituents is 1. The maximum absolute atomic E-state index is 12.6. The van der Waals surface area contributed by atoms with Gasteiger partial charge in [0.05, 0.1) is 38.3 Å². The summed E-state index contributed by atoms with van der Waals surface area (Å²) in [5, 5.41) is 17.3. The van der Waals surface area contributed by atoms with Crippen LogP contribution in [0.15, 0.2) is 48.5 Å². The minimum absolute atomic E-state index is 0.0606. The van der Waals surface area contributed by atoms with Gasteiger partial charge in [0.25, 0.3) is 17.4 Å². The van der Waals surface area contributed by atoms with Gasteiger partial charge in [-0.1, -0.05) is 29.8 Å². The molecule has 10 nitrogen and oxygen atoms in total. The van der Waals surface area contributed by atoms with Crippen LogP contribution in [0, 0.1) is 24.0 Å². The van der Waals surface area contributed by atoms with Gasteiger partial charge in [-0.15, -0.1) is 0 Å². The number of nitro groups is 1. The molecular weight excluding hydrogens is 440 g/mol. The lowest BCUT2D eigenvalue weighted by Gasteiger charge is -2.08. The van der Waals surface area contributed by atoms with Gasteiger partial charge >= 0.3 is 5.97 Å². The van der Waals surface area contributed by atoms with E-state index in [1.807, 2.05) is 18.2 Å². The Morgan fingerprint density at radius 1 is 1.16 bits per heavy atom. The number of hydrogen-bond acceptors (Lipinski definition) is 7. The summed E-state index contributed by atoms with van der Waals surface area (Å²) >= 11 is 5.91. The predicted octanol–water partition coefficient (Wildman–Crippen LogP) is 3.42. The number of carbonyl (C=O) groups is 3. The Balaban J connectivity index is 1.65. The average molecular weight is 457 g/mol. The number of anilines is 1. The fraction of sp³-hybridized carbons (Fsp3) is 0.143. The number of para-hydroxylation sites is 1. The Bertz CT molecular complexity index is 1220. The predicted molar refractivity (Wildman–Crippen MR) is 115 cm³/mol. The molecule has 0 fully saturated rings. The highest BCUT2D eigenvalue weighted by molar-refractivity contribution is 6.41. The molecule has 1 heterocycles. The number of rotatable bonds is 7.